The summed E-state index contributed by atoms with van der Waals surface area (Å²) in [5.74, 6) is 0.522. The predicted molar refractivity (Wildman–Crippen MR) is 132 cm³/mol. The van der Waals surface area contributed by atoms with Crippen LogP contribution in [0.1, 0.15) is 86.6 Å². The van der Waals surface area contributed by atoms with Gasteiger partial charge in [-0.25, -0.2) is 4.39 Å². The summed E-state index contributed by atoms with van der Waals surface area (Å²) in [4.78, 5) is 2.55. The molecule has 2 fully saturated rings. The van der Waals surface area contributed by atoms with E-state index in [1.807, 2.05) is 12.1 Å². The van der Waals surface area contributed by atoms with Crippen LogP contribution in [0, 0.1) is 22.6 Å². The lowest BCUT2D eigenvalue weighted by atomic mass is 9.58. The van der Waals surface area contributed by atoms with Crippen molar-refractivity contribution in [3.05, 3.63) is 35.6 Å². The Bertz CT molecular complexity index is 742. The van der Waals surface area contributed by atoms with E-state index in [-0.39, 0.29) is 35.0 Å². The molecule has 32 heavy (non-hydrogen) atoms. The third-order valence-electron chi connectivity index (χ3n) is 8.89. The van der Waals surface area contributed by atoms with Gasteiger partial charge >= 0.3 is 7.12 Å². The lowest BCUT2D eigenvalue weighted by Gasteiger charge is -2.47. The van der Waals surface area contributed by atoms with E-state index in [0.29, 0.717) is 5.92 Å². The van der Waals surface area contributed by atoms with Gasteiger partial charge in [0, 0.05) is 13.1 Å². The molecule has 0 spiro atoms. The van der Waals surface area contributed by atoms with Crippen LogP contribution in [-0.4, -0.2) is 36.3 Å². The van der Waals surface area contributed by atoms with E-state index >= 15 is 0 Å². The van der Waals surface area contributed by atoms with E-state index in [1.54, 1.807) is 12.1 Å². The van der Waals surface area contributed by atoms with Gasteiger partial charge in [0.25, 0.3) is 0 Å². The monoisotopic (exact) mass is 445 g/mol. The maximum Gasteiger partial charge on any atom is 0.457 e. The minimum atomic E-state index is -0.241. The van der Waals surface area contributed by atoms with Gasteiger partial charge in [0.15, 0.2) is 0 Å². The normalized spacial score (nSPS) is 25.3. The Morgan fingerprint density at radius 3 is 2.16 bits per heavy atom. The third-order valence-corrected chi connectivity index (χ3v) is 8.89. The number of rotatable bonds is 8. The lowest BCUT2D eigenvalue weighted by molar-refractivity contribution is 0.00578. The maximum absolute atomic E-state index is 13.2. The molecule has 0 saturated carbocycles. The molecule has 0 amide bonds. The Balaban J connectivity index is 1.53. The summed E-state index contributed by atoms with van der Waals surface area (Å²) >= 11 is 0. The minimum Gasteiger partial charge on any atom is -0.403 e. The van der Waals surface area contributed by atoms with Crippen molar-refractivity contribution in [2.45, 2.75) is 105 Å². The van der Waals surface area contributed by atoms with Gasteiger partial charge in [-0.05, 0) is 87.8 Å². The smallest absolute Gasteiger partial charge is 0.403 e. The Labute approximate surface area is 196 Å². The molecule has 1 aromatic rings. The molecule has 3 nitrogen and oxygen atoms in total. The molecule has 0 radical (unpaired) electrons. The van der Waals surface area contributed by atoms with Gasteiger partial charge in [-0.1, -0.05) is 52.7 Å². The van der Waals surface area contributed by atoms with Crippen LogP contribution in [0.5, 0.6) is 0 Å². The fourth-order valence-corrected chi connectivity index (χ4v) is 5.42. The molecule has 2 atom stereocenters. The number of nitrogens with zero attached hydrogens (tertiary/aromatic N) is 1. The highest BCUT2D eigenvalue weighted by atomic mass is 19.1. The fourth-order valence-electron chi connectivity index (χ4n) is 5.42. The van der Waals surface area contributed by atoms with Crippen molar-refractivity contribution in [1.29, 1.82) is 0 Å². The number of halogens is 1. The molecule has 3 rings (SSSR count). The highest BCUT2D eigenvalue weighted by Crippen LogP contribution is 2.51. The first kappa shape index (κ1) is 25.7. The van der Waals surface area contributed by atoms with Crippen molar-refractivity contribution >= 4 is 7.12 Å². The van der Waals surface area contributed by atoms with Crippen LogP contribution in [0.15, 0.2) is 24.3 Å². The molecule has 2 saturated heterocycles. The van der Waals surface area contributed by atoms with Crippen molar-refractivity contribution in [2.75, 3.05) is 13.1 Å². The Hall–Kier alpha value is -0.905. The second-order valence-electron chi connectivity index (χ2n) is 12.4. The van der Waals surface area contributed by atoms with Crippen LogP contribution in [0.3, 0.4) is 0 Å². The summed E-state index contributed by atoms with van der Waals surface area (Å²) < 4.78 is 25.6. The van der Waals surface area contributed by atoms with Crippen molar-refractivity contribution in [1.82, 2.24) is 4.90 Å². The molecule has 0 bridgehead atoms. The fraction of sp³-hybridized carbons (Fsp3) is 0.778. The average Bonchev–Trinajstić information content (AvgIpc) is 3.21. The summed E-state index contributed by atoms with van der Waals surface area (Å²) in [7, 11) is -0.0847. The number of benzene rings is 1. The van der Waals surface area contributed by atoms with Gasteiger partial charge in [-0.15, -0.1) is 0 Å². The summed E-state index contributed by atoms with van der Waals surface area (Å²) in [5, 5.41) is 0. The SMILES string of the molecule is CC(C)(C)C(C)(CCCCB1OC(C)(C)C(C)(C)O1)C1CCN(Cc2ccc(F)cc2)C1. The first-order chi connectivity index (χ1) is 14.7. The van der Waals surface area contributed by atoms with Crippen LogP contribution in [0.4, 0.5) is 4.39 Å². The molecule has 5 heteroatoms. The van der Waals surface area contributed by atoms with Crippen molar-refractivity contribution < 1.29 is 13.7 Å². The Kier molecular flexibility index (Phi) is 7.54. The van der Waals surface area contributed by atoms with E-state index in [0.717, 1.165) is 32.4 Å². The molecular formula is C27H45BFNO2. The number of hydrogen-bond acceptors (Lipinski definition) is 3. The minimum absolute atomic E-state index is 0.0847. The number of hydrogen-bond donors (Lipinski definition) is 0. The molecule has 0 N–H and O–H groups in total. The first-order valence-corrected chi connectivity index (χ1v) is 12.6. The van der Waals surface area contributed by atoms with E-state index in [9.17, 15) is 4.39 Å². The van der Waals surface area contributed by atoms with Crippen LogP contribution >= 0.6 is 0 Å². The van der Waals surface area contributed by atoms with E-state index in [4.69, 9.17) is 9.31 Å². The maximum atomic E-state index is 13.2. The van der Waals surface area contributed by atoms with Gasteiger partial charge in [0.1, 0.15) is 5.82 Å². The molecule has 2 aliphatic heterocycles. The summed E-state index contributed by atoms with van der Waals surface area (Å²) in [6.07, 6.45) is 5.77. The van der Waals surface area contributed by atoms with Crippen molar-refractivity contribution in [3.63, 3.8) is 0 Å². The number of likely N-dealkylation sites (tertiary alicyclic amines) is 1. The molecule has 1 aromatic carbocycles. The predicted octanol–water partition coefficient (Wildman–Crippen LogP) is 6.96. The molecule has 180 valence electrons. The average molecular weight is 445 g/mol. The molecule has 0 aromatic heterocycles. The van der Waals surface area contributed by atoms with E-state index < -0.39 is 0 Å². The number of unbranched alkanes of at least 4 members (excludes halogenated alkanes) is 1. The topological polar surface area (TPSA) is 21.7 Å². The zero-order chi connectivity index (χ0) is 23.8. The van der Waals surface area contributed by atoms with Gasteiger partial charge in [0.05, 0.1) is 11.2 Å². The third kappa shape index (κ3) is 5.59. The quantitative estimate of drug-likeness (QED) is 0.319. The van der Waals surface area contributed by atoms with E-state index in [1.165, 1.54) is 24.8 Å². The zero-order valence-corrected chi connectivity index (χ0v) is 21.8. The van der Waals surface area contributed by atoms with Crippen LogP contribution < -0.4 is 0 Å². The lowest BCUT2D eigenvalue weighted by Crippen LogP contribution is -2.41. The van der Waals surface area contributed by atoms with E-state index in [2.05, 4.69) is 60.3 Å². The van der Waals surface area contributed by atoms with Crippen LogP contribution in [0.25, 0.3) is 0 Å². The second-order valence-corrected chi connectivity index (χ2v) is 12.4. The standard InChI is InChI=1S/C27H45BFNO2/c1-24(2,3)27(8,16-9-10-17-28-31-25(4,5)26(6,7)32-28)22-15-18-30(20-22)19-21-11-13-23(29)14-12-21/h11-14,22H,9-10,15-20H2,1-8H3. The summed E-state index contributed by atoms with van der Waals surface area (Å²) in [5.41, 5.74) is 1.24. The Morgan fingerprint density at radius 2 is 1.59 bits per heavy atom. The van der Waals surface area contributed by atoms with Crippen molar-refractivity contribution in [3.8, 4) is 0 Å². The highest BCUT2D eigenvalue weighted by Gasteiger charge is 2.51. The van der Waals surface area contributed by atoms with Crippen LogP contribution in [-0.2, 0) is 15.9 Å². The van der Waals surface area contributed by atoms with Gasteiger partial charge in [-0.2, -0.15) is 0 Å². The first-order valence-electron chi connectivity index (χ1n) is 12.6. The Morgan fingerprint density at radius 1 is 1.00 bits per heavy atom. The summed E-state index contributed by atoms with van der Waals surface area (Å²) in [6, 6.07) is 6.98. The van der Waals surface area contributed by atoms with Gasteiger partial charge in [-0.3, -0.25) is 4.90 Å². The molecule has 2 aliphatic rings. The van der Waals surface area contributed by atoms with Gasteiger partial charge in [0.2, 0.25) is 0 Å². The molecule has 2 unspecified atom stereocenters. The van der Waals surface area contributed by atoms with Crippen LogP contribution in [0.2, 0.25) is 6.32 Å². The van der Waals surface area contributed by atoms with Gasteiger partial charge < -0.3 is 9.31 Å². The molecule has 0 aliphatic carbocycles. The molecule has 2 heterocycles. The largest absolute Gasteiger partial charge is 0.457 e. The summed E-state index contributed by atoms with van der Waals surface area (Å²) in [6.45, 7) is 21.4. The molecular weight excluding hydrogens is 400 g/mol. The zero-order valence-electron chi connectivity index (χ0n) is 21.8. The second kappa shape index (κ2) is 9.39. The highest BCUT2D eigenvalue weighted by molar-refractivity contribution is 6.45. The van der Waals surface area contributed by atoms with Crippen molar-refractivity contribution in [2.24, 2.45) is 16.7 Å².